The normalized spacial score (nSPS) is 10.0. The molecule has 0 aliphatic rings. The summed E-state index contributed by atoms with van der Waals surface area (Å²) in [5, 5.41) is 0. The second kappa shape index (κ2) is 8.58. The van der Waals surface area contributed by atoms with Crippen LogP contribution in [0.25, 0.3) is 0 Å². The Kier molecular flexibility index (Phi) is 9.13. The average Bonchev–Trinajstić information content (AvgIpc) is 1.89. The van der Waals surface area contributed by atoms with Crippen LogP contribution in [0.4, 0.5) is 0 Å². The van der Waals surface area contributed by atoms with Gasteiger partial charge in [0, 0.05) is 0 Å². The lowest BCUT2D eigenvalue weighted by Crippen LogP contribution is -2.04. The first-order valence-corrected chi connectivity index (χ1v) is 3.25. The van der Waals surface area contributed by atoms with E-state index in [0.717, 1.165) is 0 Å². The quantitative estimate of drug-likeness (QED) is 0.349. The van der Waals surface area contributed by atoms with Gasteiger partial charge in [0.15, 0.2) is 0 Å². The molecule has 0 bridgehead atoms. The van der Waals surface area contributed by atoms with E-state index < -0.39 is 0 Å². The van der Waals surface area contributed by atoms with Gasteiger partial charge >= 0.3 is 0 Å². The van der Waals surface area contributed by atoms with Gasteiger partial charge in [-0.1, -0.05) is 0 Å². The topological polar surface area (TPSA) is 27.7 Å². The third kappa shape index (κ3) is 8.58. The molecule has 3 nitrogen and oxygen atoms in total. The van der Waals surface area contributed by atoms with E-state index in [4.69, 9.17) is 4.74 Å². The zero-order chi connectivity index (χ0) is 6.95. The van der Waals surface area contributed by atoms with Gasteiger partial charge in [-0.15, -0.1) is 0 Å². The van der Waals surface area contributed by atoms with Crippen molar-refractivity contribution in [3.05, 3.63) is 0 Å². The smallest absolute Gasteiger partial charge is 0.0844 e. The lowest BCUT2D eigenvalue weighted by Gasteiger charge is -1.99. The SMILES string of the molecule is SOCCOCCOS. The highest BCUT2D eigenvalue weighted by Crippen LogP contribution is 1.82. The van der Waals surface area contributed by atoms with Crippen molar-refractivity contribution in [1.29, 1.82) is 0 Å². The fraction of sp³-hybridized carbons (Fsp3) is 1.00. The fourth-order valence-corrected chi connectivity index (χ4v) is 0.444. The summed E-state index contributed by atoms with van der Waals surface area (Å²) in [7, 11) is 0. The Labute approximate surface area is 65.9 Å². The molecule has 9 heavy (non-hydrogen) atoms. The van der Waals surface area contributed by atoms with E-state index in [1.165, 1.54) is 0 Å². The van der Waals surface area contributed by atoms with Crippen molar-refractivity contribution in [3.63, 3.8) is 0 Å². The molecular formula is C4H10O3S2. The van der Waals surface area contributed by atoms with E-state index in [9.17, 15) is 0 Å². The van der Waals surface area contributed by atoms with Gasteiger partial charge in [-0.25, -0.2) is 0 Å². The summed E-state index contributed by atoms with van der Waals surface area (Å²) in [6.07, 6.45) is 0. The van der Waals surface area contributed by atoms with E-state index in [1.54, 1.807) is 0 Å². The van der Waals surface area contributed by atoms with Crippen LogP contribution in [0.15, 0.2) is 0 Å². The number of hydrogen-bond acceptors (Lipinski definition) is 5. The minimum Gasteiger partial charge on any atom is -0.377 e. The summed E-state index contributed by atoms with van der Waals surface area (Å²) in [5.41, 5.74) is 0. The van der Waals surface area contributed by atoms with E-state index in [0.29, 0.717) is 26.4 Å². The fourth-order valence-electron chi connectivity index (χ4n) is 0.294. The Morgan fingerprint density at radius 2 is 1.22 bits per heavy atom. The molecule has 0 unspecified atom stereocenters. The molecule has 0 rings (SSSR count). The summed E-state index contributed by atoms with van der Waals surface area (Å²) in [6.45, 7) is 2.08. The van der Waals surface area contributed by atoms with E-state index in [1.807, 2.05) is 0 Å². The van der Waals surface area contributed by atoms with Gasteiger partial charge in [-0.2, -0.15) is 0 Å². The molecule has 0 fully saturated rings. The first-order chi connectivity index (χ1) is 4.41. The molecule has 0 amide bonds. The summed E-state index contributed by atoms with van der Waals surface area (Å²) in [5.74, 6) is 0. The molecule has 5 heteroatoms. The molecule has 0 atom stereocenters. The zero-order valence-corrected chi connectivity index (χ0v) is 6.74. The van der Waals surface area contributed by atoms with Crippen LogP contribution in [0.1, 0.15) is 0 Å². The third-order valence-corrected chi connectivity index (χ3v) is 1.00. The Hall–Kier alpha value is 0.580. The maximum absolute atomic E-state index is 4.97. The second-order valence-corrected chi connectivity index (χ2v) is 1.80. The minimum absolute atomic E-state index is 0.496. The lowest BCUT2D eigenvalue weighted by molar-refractivity contribution is 0.0875. The lowest BCUT2D eigenvalue weighted by atomic mass is 10.7. The number of ether oxygens (including phenoxy) is 1. The van der Waals surface area contributed by atoms with Gasteiger partial charge in [0.25, 0.3) is 0 Å². The Bertz CT molecular complexity index is 47.1. The van der Waals surface area contributed by atoms with Gasteiger partial charge in [-0.3, -0.25) is 0 Å². The van der Waals surface area contributed by atoms with Crippen molar-refractivity contribution in [1.82, 2.24) is 0 Å². The van der Waals surface area contributed by atoms with E-state index in [-0.39, 0.29) is 0 Å². The van der Waals surface area contributed by atoms with Crippen LogP contribution in [-0.4, -0.2) is 26.4 Å². The molecule has 0 N–H and O–H groups in total. The monoisotopic (exact) mass is 170 g/mol. The van der Waals surface area contributed by atoms with Gasteiger partial charge in [0.05, 0.1) is 26.4 Å². The molecule has 0 spiro atoms. The predicted molar refractivity (Wildman–Crippen MR) is 40.7 cm³/mol. The van der Waals surface area contributed by atoms with Crippen LogP contribution in [0.2, 0.25) is 0 Å². The maximum atomic E-state index is 4.97. The van der Waals surface area contributed by atoms with Gasteiger partial charge in [0.2, 0.25) is 0 Å². The molecule has 0 saturated carbocycles. The number of hydrogen-bond donors (Lipinski definition) is 2. The molecule has 0 aliphatic carbocycles. The van der Waals surface area contributed by atoms with E-state index >= 15 is 0 Å². The average molecular weight is 170 g/mol. The van der Waals surface area contributed by atoms with E-state index in [2.05, 4.69) is 34.2 Å². The molecule has 0 heterocycles. The third-order valence-electron chi connectivity index (χ3n) is 0.638. The van der Waals surface area contributed by atoms with Crippen molar-refractivity contribution < 1.29 is 13.1 Å². The van der Waals surface area contributed by atoms with Crippen molar-refractivity contribution in [2.75, 3.05) is 26.4 Å². The maximum Gasteiger partial charge on any atom is 0.0844 e. The van der Waals surface area contributed by atoms with Crippen LogP contribution < -0.4 is 0 Å². The summed E-state index contributed by atoms with van der Waals surface area (Å²) in [6, 6.07) is 0. The minimum atomic E-state index is 0.496. The summed E-state index contributed by atoms with van der Waals surface area (Å²) in [4.78, 5) is 0. The van der Waals surface area contributed by atoms with Crippen LogP contribution in [-0.2, 0) is 13.1 Å². The molecule has 0 saturated heterocycles. The summed E-state index contributed by atoms with van der Waals surface area (Å²) >= 11 is 7.04. The van der Waals surface area contributed by atoms with Crippen LogP contribution in [0, 0.1) is 0 Å². The van der Waals surface area contributed by atoms with Crippen LogP contribution in [0.3, 0.4) is 0 Å². The zero-order valence-electron chi connectivity index (χ0n) is 4.95. The van der Waals surface area contributed by atoms with Crippen molar-refractivity contribution in [2.24, 2.45) is 0 Å². The Morgan fingerprint density at radius 1 is 0.778 bits per heavy atom. The van der Waals surface area contributed by atoms with Gasteiger partial charge in [-0.05, 0) is 25.8 Å². The van der Waals surface area contributed by atoms with Crippen molar-refractivity contribution in [2.45, 2.75) is 0 Å². The Balaban J connectivity index is 2.60. The van der Waals surface area contributed by atoms with Crippen molar-refractivity contribution >= 4 is 25.8 Å². The molecular weight excluding hydrogens is 160 g/mol. The highest BCUT2D eigenvalue weighted by Gasteiger charge is 1.85. The predicted octanol–water partition coefficient (Wildman–Crippen LogP) is 0.726. The van der Waals surface area contributed by atoms with Crippen molar-refractivity contribution in [3.8, 4) is 0 Å². The van der Waals surface area contributed by atoms with Crippen LogP contribution in [0.5, 0.6) is 0 Å². The van der Waals surface area contributed by atoms with Crippen LogP contribution >= 0.6 is 25.8 Å². The molecule has 0 radical (unpaired) electrons. The number of thiol groups is 2. The molecule has 0 aromatic heterocycles. The molecule has 56 valence electrons. The highest BCUT2D eigenvalue weighted by atomic mass is 32.1. The Morgan fingerprint density at radius 3 is 1.56 bits per heavy atom. The molecule has 0 aromatic rings. The first kappa shape index (κ1) is 9.58. The highest BCUT2D eigenvalue weighted by molar-refractivity contribution is 7.75. The largest absolute Gasteiger partial charge is 0.377 e. The summed E-state index contributed by atoms with van der Waals surface area (Å²) < 4.78 is 13.8. The standard InChI is InChI=1S/C4H10O3S2/c8-6-3-1-5-2-4-7-9/h8-9H,1-4H2. The first-order valence-electron chi connectivity index (χ1n) is 2.52. The molecule has 0 aliphatic heterocycles. The number of rotatable bonds is 6. The second-order valence-electron chi connectivity index (χ2n) is 1.28. The van der Waals surface area contributed by atoms with Gasteiger partial charge in [0.1, 0.15) is 0 Å². The van der Waals surface area contributed by atoms with Gasteiger partial charge < -0.3 is 13.1 Å². The molecule has 0 aromatic carbocycles.